The fraction of sp³-hybridized carbons (Fsp3) is 0.625. The minimum absolute atomic E-state index is 0.260. The first kappa shape index (κ1) is 16.1. The Morgan fingerprint density at radius 2 is 2.19 bits per heavy atom. The van der Waals surface area contributed by atoms with Crippen molar-refractivity contribution in [3.05, 3.63) is 23.8 Å². The monoisotopic (exact) mass is 294 g/mol. The quantitative estimate of drug-likeness (QED) is 0.826. The van der Waals surface area contributed by atoms with E-state index in [1.54, 1.807) is 14.2 Å². The van der Waals surface area contributed by atoms with Crippen LogP contribution in [0.4, 0.5) is 0 Å². The molecule has 1 heterocycles. The van der Waals surface area contributed by atoms with Crippen LogP contribution in [0.3, 0.4) is 0 Å². The molecule has 1 N–H and O–H groups in total. The van der Waals surface area contributed by atoms with E-state index in [4.69, 9.17) is 14.2 Å². The van der Waals surface area contributed by atoms with E-state index < -0.39 is 0 Å². The number of hydrogen-bond donors (Lipinski definition) is 1. The second-order valence-corrected chi connectivity index (χ2v) is 5.19. The van der Waals surface area contributed by atoms with E-state index in [0.717, 1.165) is 56.4 Å². The third-order valence-electron chi connectivity index (χ3n) is 3.85. The predicted octanol–water partition coefficient (Wildman–Crippen LogP) is 1.51. The molecule has 0 aliphatic carbocycles. The molecule has 0 saturated carbocycles. The maximum absolute atomic E-state index is 5.79. The average Bonchev–Trinajstić information content (AvgIpc) is 2.55. The molecule has 5 nitrogen and oxygen atoms in total. The summed E-state index contributed by atoms with van der Waals surface area (Å²) in [5, 5.41) is 3.45. The highest BCUT2D eigenvalue weighted by Gasteiger charge is 2.18. The van der Waals surface area contributed by atoms with Crippen LogP contribution in [0.25, 0.3) is 0 Å². The maximum Gasteiger partial charge on any atom is 0.123 e. The molecule has 0 spiro atoms. The normalized spacial score (nSPS) is 19.5. The van der Waals surface area contributed by atoms with Crippen LogP contribution in [-0.4, -0.2) is 58.0 Å². The van der Waals surface area contributed by atoms with Crippen molar-refractivity contribution in [1.29, 1.82) is 0 Å². The Balaban J connectivity index is 1.85. The zero-order chi connectivity index (χ0) is 15.1. The van der Waals surface area contributed by atoms with Crippen molar-refractivity contribution in [3.8, 4) is 11.5 Å². The first-order valence-electron chi connectivity index (χ1n) is 7.52. The van der Waals surface area contributed by atoms with Gasteiger partial charge in [0.25, 0.3) is 0 Å². The lowest BCUT2D eigenvalue weighted by molar-refractivity contribution is -0.0253. The molecule has 0 radical (unpaired) electrons. The molecular weight excluding hydrogens is 268 g/mol. The molecule has 1 aromatic carbocycles. The zero-order valence-corrected chi connectivity index (χ0v) is 13.2. The van der Waals surface area contributed by atoms with Crippen LogP contribution in [0.15, 0.2) is 18.2 Å². The fourth-order valence-corrected chi connectivity index (χ4v) is 2.58. The van der Waals surface area contributed by atoms with Crippen molar-refractivity contribution >= 4 is 0 Å². The van der Waals surface area contributed by atoms with E-state index >= 15 is 0 Å². The van der Waals surface area contributed by atoms with Gasteiger partial charge in [-0.25, -0.2) is 0 Å². The standard InChI is InChI=1S/C16H26N2O3/c1-4-18-7-8-21-15(12-18)11-17-10-13-9-14(19-2)5-6-16(13)20-3/h5-6,9,15,17H,4,7-8,10-12H2,1-3H3/t15-/m0/s1. The van der Waals surface area contributed by atoms with Gasteiger partial charge in [0.15, 0.2) is 0 Å². The second-order valence-electron chi connectivity index (χ2n) is 5.19. The molecule has 118 valence electrons. The van der Waals surface area contributed by atoms with Crippen LogP contribution in [0.5, 0.6) is 11.5 Å². The van der Waals surface area contributed by atoms with Crippen LogP contribution < -0.4 is 14.8 Å². The van der Waals surface area contributed by atoms with Crippen molar-refractivity contribution in [3.63, 3.8) is 0 Å². The van der Waals surface area contributed by atoms with Crippen molar-refractivity contribution < 1.29 is 14.2 Å². The summed E-state index contributed by atoms with van der Waals surface area (Å²) in [6.45, 7) is 7.72. The molecule has 0 unspecified atom stereocenters. The molecule has 2 rings (SSSR count). The number of rotatable bonds is 7. The zero-order valence-electron chi connectivity index (χ0n) is 13.2. The van der Waals surface area contributed by atoms with Gasteiger partial charge in [0.1, 0.15) is 11.5 Å². The van der Waals surface area contributed by atoms with Gasteiger partial charge in [-0.2, -0.15) is 0 Å². The van der Waals surface area contributed by atoms with E-state index in [9.17, 15) is 0 Å². The van der Waals surface area contributed by atoms with Gasteiger partial charge >= 0.3 is 0 Å². The lowest BCUT2D eigenvalue weighted by Gasteiger charge is -2.32. The molecule has 1 aliphatic rings. The lowest BCUT2D eigenvalue weighted by atomic mass is 10.2. The third-order valence-corrected chi connectivity index (χ3v) is 3.85. The maximum atomic E-state index is 5.79. The van der Waals surface area contributed by atoms with Gasteiger partial charge in [-0.3, -0.25) is 4.90 Å². The summed E-state index contributed by atoms with van der Waals surface area (Å²) in [5.41, 5.74) is 1.10. The Morgan fingerprint density at radius 3 is 2.90 bits per heavy atom. The molecule has 21 heavy (non-hydrogen) atoms. The van der Waals surface area contributed by atoms with Crippen LogP contribution in [-0.2, 0) is 11.3 Å². The number of likely N-dealkylation sites (N-methyl/N-ethyl adjacent to an activating group) is 1. The summed E-state index contributed by atoms with van der Waals surface area (Å²) in [6.07, 6.45) is 0.260. The van der Waals surface area contributed by atoms with Gasteiger partial charge in [0.05, 0.1) is 26.9 Å². The van der Waals surface area contributed by atoms with Crippen LogP contribution in [0.2, 0.25) is 0 Å². The minimum atomic E-state index is 0.260. The number of nitrogens with one attached hydrogen (secondary N) is 1. The molecular formula is C16H26N2O3. The Morgan fingerprint density at radius 1 is 1.33 bits per heavy atom. The highest BCUT2D eigenvalue weighted by molar-refractivity contribution is 5.40. The van der Waals surface area contributed by atoms with Gasteiger partial charge in [-0.15, -0.1) is 0 Å². The summed E-state index contributed by atoms with van der Waals surface area (Å²) >= 11 is 0. The fourth-order valence-electron chi connectivity index (χ4n) is 2.58. The van der Waals surface area contributed by atoms with E-state index in [0.29, 0.717) is 0 Å². The average molecular weight is 294 g/mol. The highest BCUT2D eigenvalue weighted by Crippen LogP contribution is 2.23. The number of morpholine rings is 1. The van der Waals surface area contributed by atoms with Crippen molar-refractivity contribution in [1.82, 2.24) is 10.2 Å². The SMILES string of the molecule is CCN1CCO[C@@H](CNCc2cc(OC)ccc2OC)C1. The smallest absolute Gasteiger partial charge is 0.123 e. The summed E-state index contributed by atoms with van der Waals surface area (Å²) in [5.74, 6) is 1.72. The molecule has 1 aromatic rings. The lowest BCUT2D eigenvalue weighted by Crippen LogP contribution is -2.46. The third kappa shape index (κ3) is 4.59. The van der Waals surface area contributed by atoms with Gasteiger partial charge in [0.2, 0.25) is 0 Å². The van der Waals surface area contributed by atoms with Crippen molar-refractivity contribution in [2.24, 2.45) is 0 Å². The van der Waals surface area contributed by atoms with E-state index in [1.807, 2.05) is 18.2 Å². The predicted molar refractivity (Wildman–Crippen MR) is 83.1 cm³/mol. The number of nitrogens with zero attached hydrogens (tertiary/aromatic N) is 1. The van der Waals surface area contributed by atoms with Crippen molar-refractivity contribution in [2.45, 2.75) is 19.6 Å². The number of benzene rings is 1. The summed E-state index contributed by atoms with van der Waals surface area (Å²) in [7, 11) is 3.36. The second kappa shape index (κ2) is 8.22. The summed E-state index contributed by atoms with van der Waals surface area (Å²) in [4.78, 5) is 2.42. The number of ether oxygens (including phenoxy) is 3. The Labute approximate surface area is 127 Å². The summed E-state index contributed by atoms with van der Waals surface area (Å²) in [6, 6.07) is 5.85. The van der Waals surface area contributed by atoms with E-state index in [2.05, 4.69) is 17.1 Å². The molecule has 0 bridgehead atoms. The van der Waals surface area contributed by atoms with E-state index in [1.165, 1.54) is 0 Å². The topological polar surface area (TPSA) is 43.0 Å². The highest BCUT2D eigenvalue weighted by atomic mass is 16.5. The van der Waals surface area contributed by atoms with Gasteiger partial charge < -0.3 is 19.5 Å². The number of hydrogen-bond acceptors (Lipinski definition) is 5. The Bertz CT molecular complexity index is 440. The molecule has 0 aromatic heterocycles. The molecule has 5 heteroatoms. The van der Waals surface area contributed by atoms with Crippen LogP contribution in [0.1, 0.15) is 12.5 Å². The van der Waals surface area contributed by atoms with Crippen LogP contribution in [0, 0.1) is 0 Å². The summed E-state index contributed by atoms with van der Waals surface area (Å²) < 4.78 is 16.4. The minimum Gasteiger partial charge on any atom is -0.497 e. The van der Waals surface area contributed by atoms with Gasteiger partial charge in [-0.1, -0.05) is 6.92 Å². The molecule has 0 amide bonds. The molecule has 1 fully saturated rings. The van der Waals surface area contributed by atoms with Gasteiger partial charge in [0, 0.05) is 31.7 Å². The van der Waals surface area contributed by atoms with Crippen molar-refractivity contribution in [2.75, 3.05) is 47.0 Å². The Hall–Kier alpha value is -1.30. The van der Waals surface area contributed by atoms with Gasteiger partial charge in [-0.05, 0) is 24.7 Å². The largest absolute Gasteiger partial charge is 0.497 e. The molecule has 1 saturated heterocycles. The first-order valence-corrected chi connectivity index (χ1v) is 7.52. The number of methoxy groups -OCH3 is 2. The Kier molecular flexibility index (Phi) is 6.29. The van der Waals surface area contributed by atoms with Crippen LogP contribution >= 0.6 is 0 Å². The van der Waals surface area contributed by atoms with E-state index in [-0.39, 0.29) is 6.10 Å². The molecule has 1 aliphatic heterocycles. The molecule has 1 atom stereocenters. The first-order chi connectivity index (χ1) is 10.3.